The number of benzene rings is 2. The number of esters is 1. The first-order valence-electron chi connectivity index (χ1n) is 9.80. The molecule has 1 heterocycles. The summed E-state index contributed by atoms with van der Waals surface area (Å²) in [5, 5.41) is 3.99. The normalized spacial score (nSPS) is 11.2. The number of aryl methyl sites for hydroxylation is 1. The van der Waals surface area contributed by atoms with Crippen molar-refractivity contribution >= 4 is 11.9 Å². The van der Waals surface area contributed by atoms with E-state index in [2.05, 4.69) is 5.16 Å². The third kappa shape index (κ3) is 4.95. The van der Waals surface area contributed by atoms with E-state index in [0.717, 1.165) is 11.1 Å². The van der Waals surface area contributed by atoms with Gasteiger partial charge in [-0.25, -0.2) is 4.79 Å². The van der Waals surface area contributed by atoms with E-state index in [-0.39, 0.29) is 18.1 Å². The van der Waals surface area contributed by atoms with Crippen LogP contribution in [0.25, 0.3) is 11.3 Å². The molecule has 6 heteroatoms. The summed E-state index contributed by atoms with van der Waals surface area (Å²) in [5.41, 5.74) is 1.96. The topological polar surface area (TPSA) is 72.6 Å². The minimum Gasteiger partial charge on any atom is -0.452 e. The van der Waals surface area contributed by atoms with Crippen LogP contribution in [-0.4, -0.2) is 34.1 Å². The molecule has 0 saturated heterocycles. The van der Waals surface area contributed by atoms with Gasteiger partial charge in [-0.1, -0.05) is 65.8 Å². The summed E-state index contributed by atoms with van der Waals surface area (Å²) in [7, 11) is 0. The second kappa shape index (κ2) is 8.95. The summed E-state index contributed by atoms with van der Waals surface area (Å²) < 4.78 is 10.6. The van der Waals surface area contributed by atoms with Crippen molar-refractivity contribution in [1.82, 2.24) is 10.1 Å². The van der Waals surface area contributed by atoms with Crippen molar-refractivity contribution in [3.63, 3.8) is 0 Å². The first-order chi connectivity index (χ1) is 14.3. The van der Waals surface area contributed by atoms with E-state index in [9.17, 15) is 9.59 Å². The number of hydrogen-bond acceptors (Lipinski definition) is 5. The Labute approximate surface area is 176 Å². The maximum atomic E-state index is 12.9. The second-order valence-electron chi connectivity index (χ2n) is 8.04. The zero-order valence-corrected chi connectivity index (χ0v) is 17.7. The van der Waals surface area contributed by atoms with Gasteiger partial charge in [-0.05, 0) is 33.3 Å². The zero-order chi connectivity index (χ0) is 21.7. The van der Waals surface area contributed by atoms with Gasteiger partial charge in [0.1, 0.15) is 17.0 Å². The molecule has 0 aliphatic heterocycles. The summed E-state index contributed by atoms with van der Waals surface area (Å²) in [4.78, 5) is 27.4. The van der Waals surface area contributed by atoms with Gasteiger partial charge in [-0.2, -0.15) is 0 Å². The maximum absolute atomic E-state index is 12.9. The molecule has 0 saturated carbocycles. The number of carbonyl (C=O) groups excluding carboxylic acids is 2. The summed E-state index contributed by atoms with van der Waals surface area (Å²) in [6, 6.07) is 19.0. The van der Waals surface area contributed by atoms with Crippen LogP contribution in [0.4, 0.5) is 0 Å². The number of aromatic nitrogens is 1. The molecule has 156 valence electrons. The van der Waals surface area contributed by atoms with Crippen LogP contribution in [0.15, 0.2) is 65.2 Å². The van der Waals surface area contributed by atoms with Crippen molar-refractivity contribution in [2.45, 2.75) is 39.8 Å². The quantitative estimate of drug-likeness (QED) is 0.558. The molecule has 0 atom stereocenters. The van der Waals surface area contributed by atoms with E-state index >= 15 is 0 Å². The Kier molecular flexibility index (Phi) is 6.35. The van der Waals surface area contributed by atoms with Crippen molar-refractivity contribution in [2.24, 2.45) is 0 Å². The molecule has 0 bridgehead atoms. The van der Waals surface area contributed by atoms with E-state index in [0.29, 0.717) is 18.0 Å². The minimum atomic E-state index is -0.630. The molecule has 1 amide bonds. The molecule has 3 aromatic rings. The van der Waals surface area contributed by atoms with Gasteiger partial charge in [0, 0.05) is 17.6 Å². The average molecular weight is 406 g/mol. The van der Waals surface area contributed by atoms with Gasteiger partial charge in [0.2, 0.25) is 0 Å². The lowest BCUT2D eigenvalue weighted by atomic mass is 10.0. The van der Waals surface area contributed by atoms with Crippen LogP contribution in [0.2, 0.25) is 0 Å². The molecule has 3 rings (SSSR count). The molecular weight excluding hydrogens is 380 g/mol. The van der Waals surface area contributed by atoms with Crippen molar-refractivity contribution in [1.29, 1.82) is 0 Å². The highest BCUT2D eigenvalue weighted by molar-refractivity contribution is 5.98. The van der Waals surface area contributed by atoms with E-state index in [1.165, 1.54) is 0 Å². The Hall–Kier alpha value is -3.41. The summed E-state index contributed by atoms with van der Waals surface area (Å²) in [6.07, 6.45) is 0. The van der Waals surface area contributed by atoms with E-state index in [1.807, 2.05) is 81.4 Å². The fourth-order valence-electron chi connectivity index (χ4n) is 3.15. The molecule has 2 aromatic carbocycles. The fraction of sp³-hybridized carbons (Fsp3) is 0.292. The Morgan fingerprint density at radius 2 is 1.60 bits per heavy atom. The molecule has 0 unspecified atom stereocenters. The predicted molar refractivity (Wildman–Crippen MR) is 114 cm³/mol. The van der Waals surface area contributed by atoms with Crippen LogP contribution in [-0.2, 0) is 16.1 Å². The molecule has 30 heavy (non-hydrogen) atoms. The number of nitrogens with zero attached hydrogens (tertiary/aromatic N) is 2. The van der Waals surface area contributed by atoms with Crippen molar-refractivity contribution in [3.05, 3.63) is 77.6 Å². The highest BCUT2D eigenvalue weighted by atomic mass is 16.5. The monoisotopic (exact) mass is 406 g/mol. The van der Waals surface area contributed by atoms with Gasteiger partial charge in [0.25, 0.3) is 5.91 Å². The van der Waals surface area contributed by atoms with Gasteiger partial charge in [0.15, 0.2) is 6.61 Å². The second-order valence-corrected chi connectivity index (χ2v) is 8.04. The highest BCUT2D eigenvalue weighted by Crippen LogP contribution is 2.26. The molecule has 0 aliphatic carbocycles. The smallest absolute Gasteiger partial charge is 0.344 e. The van der Waals surface area contributed by atoms with Crippen LogP contribution in [0.3, 0.4) is 0 Å². The molecule has 1 aromatic heterocycles. The van der Waals surface area contributed by atoms with Crippen LogP contribution in [0.5, 0.6) is 0 Å². The first-order valence-corrected chi connectivity index (χ1v) is 9.80. The van der Waals surface area contributed by atoms with Gasteiger partial charge in [0.05, 0.1) is 0 Å². The fourth-order valence-corrected chi connectivity index (χ4v) is 3.15. The third-order valence-electron chi connectivity index (χ3n) is 4.74. The molecule has 0 spiro atoms. The molecule has 6 nitrogen and oxygen atoms in total. The van der Waals surface area contributed by atoms with Gasteiger partial charge < -0.3 is 14.2 Å². The van der Waals surface area contributed by atoms with Crippen LogP contribution >= 0.6 is 0 Å². The summed E-state index contributed by atoms with van der Waals surface area (Å²) in [5.74, 6) is -0.548. The van der Waals surface area contributed by atoms with Gasteiger partial charge in [-0.15, -0.1) is 0 Å². The summed E-state index contributed by atoms with van der Waals surface area (Å²) >= 11 is 0. The Morgan fingerprint density at radius 3 is 2.20 bits per heavy atom. The lowest BCUT2D eigenvalue weighted by Gasteiger charge is -2.35. The molecule has 0 fully saturated rings. The number of amides is 1. The average Bonchev–Trinajstić information content (AvgIpc) is 3.12. The van der Waals surface area contributed by atoms with Crippen LogP contribution < -0.4 is 0 Å². The molecule has 0 aliphatic rings. The number of carbonyl (C=O) groups is 2. The summed E-state index contributed by atoms with van der Waals surface area (Å²) in [6.45, 7) is 7.58. The number of ether oxygens (including phenoxy) is 1. The lowest BCUT2D eigenvalue weighted by Crippen LogP contribution is -2.46. The highest BCUT2D eigenvalue weighted by Gasteiger charge is 2.29. The maximum Gasteiger partial charge on any atom is 0.344 e. The first kappa shape index (κ1) is 21.3. The third-order valence-corrected chi connectivity index (χ3v) is 4.74. The van der Waals surface area contributed by atoms with Crippen LogP contribution in [0, 0.1) is 6.92 Å². The van der Waals surface area contributed by atoms with Crippen molar-refractivity contribution in [2.75, 3.05) is 6.61 Å². The van der Waals surface area contributed by atoms with Crippen molar-refractivity contribution in [3.8, 4) is 11.3 Å². The Morgan fingerprint density at radius 1 is 1.00 bits per heavy atom. The predicted octanol–water partition coefficient (Wildman–Crippen LogP) is 4.63. The molecule has 0 N–H and O–H groups in total. The van der Waals surface area contributed by atoms with E-state index < -0.39 is 11.5 Å². The lowest BCUT2D eigenvalue weighted by molar-refractivity contribution is -0.140. The van der Waals surface area contributed by atoms with Crippen LogP contribution in [0.1, 0.15) is 42.5 Å². The Bertz CT molecular complexity index is 1000. The minimum absolute atomic E-state index is 0.236. The zero-order valence-electron chi connectivity index (χ0n) is 17.7. The Balaban J connectivity index is 1.73. The van der Waals surface area contributed by atoms with E-state index in [4.69, 9.17) is 9.26 Å². The number of rotatable bonds is 6. The number of hydrogen-bond donors (Lipinski definition) is 0. The van der Waals surface area contributed by atoms with Crippen molar-refractivity contribution < 1.29 is 18.8 Å². The standard InChI is InChI=1S/C24H26N2O4/c1-17-21(22(25-30-17)19-13-9-6-10-14-19)23(28)29-16-20(27)26(24(2,3)4)15-18-11-7-5-8-12-18/h5-14H,15-16H2,1-4H3. The SMILES string of the molecule is Cc1onc(-c2ccccc2)c1C(=O)OCC(=O)N(Cc1ccccc1)C(C)(C)C. The molecular formula is C24H26N2O4. The van der Waals surface area contributed by atoms with Gasteiger partial charge >= 0.3 is 5.97 Å². The largest absolute Gasteiger partial charge is 0.452 e. The molecule has 0 radical (unpaired) electrons. The van der Waals surface area contributed by atoms with E-state index in [1.54, 1.807) is 11.8 Å². The van der Waals surface area contributed by atoms with Gasteiger partial charge in [-0.3, -0.25) is 4.79 Å².